The molecule has 0 radical (unpaired) electrons. The molecule has 1 aliphatic carbocycles. The number of H-pyrrole nitrogens is 1. The first-order valence-electron chi connectivity index (χ1n) is 4.31. The lowest BCUT2D eigenvalue weighted by Gasteiger charge is -2.13. The average Bonchev–Trinajstić information content (AvgIpc) is 2.70. The van der Waals surface area contributed by atoms with Crippen molar-refractivity contribution in [3.8, 4) is 0 Å². The van der Waals surface area contributed by atoms with E-state index in [1.807, 2.05) is 0 Å². The van der Waals surface area contributed by atoms with E-state index >= 15 is 0 Å². The minimum Gasteiger partial charge on any atom is -0.329 e. The van der Waals surface area contributed by atoms with Gasteiger partial charge >= 0.3 is 0 Å². The normalized spacial score (nSPS) is 19.5. The van der Waals surface area contributed by atoms with Crippen molar-refractivity contribution in [1.82, 2.24) is 14.9 Å². The number of aromatic amines is 1. The molecule has 1 aromatic rings. The van der Waals surface area contributed by atoms with Gasteiger partial charge in [0, 0.05) is 12.1 Å². The average molecular weight is 216 g/mol. The van der Waals surface area contributed by atoms with E-state index < -0.39 is 15.6 Å². The van der Waals surface area contributed by atoms with Gasteiger partial charge in [0.25, 0.3) is 10.0 Å². The van der Waals surface area contributed by atoms with Gasteiger partial charge in [0.15, 0.2) is 5.03 Å². The van der Waals surface area contributed by atoms with Gasteiger partial charge in [0.1, 0.15) is 0 Å². The molecule has 0 saturated heterocycles. The summed E-state index contributed by atoms with van der Waals surface area (Å²) < 4.78 is 25.9. The Morgan fingerprint density at radius 1 is 1.64 bits per heavy atom. The highest BCUT2D eigenvalue weighted by molar-refractivity contribution is 7.89. The molecule has 0 aliphatic heterocycles. The fourth-order valence-corrected chi connectivity index (χ4v) is 2.61. The standard InChI is InChI=1S/C7H12N4O2S/c8-5-7(2-3-7)11-14(12,13)6-1-4-9-10-6/h1,4,11H,2-3,5,8H2,(H,9,10). The Kier molecular flexibility index (Phi) is 2.09. The highest BCUT2D eigenvalue weighted by Gasteiger charge is 2.45. The fourth-order valence-electron chi connectivity index (χ4n) is 1.23. The van der Waals surface area contributed by atoms with Crippen LogP contribution in [0.5, 0.6) is 0 Å². The first-order valence-corrected chi connectivity index (χ1v) is 5.80. The van der Waals surface area contributed by atoms with Crippen LogP contribution >= 0.6 is 0 Å². The summed E-state index contributed by atoms with van der Waals surface area (Å²) in [5, 5.41) is 6.08. The zero-order valence-electron chi connectivity index (χ0n) is 7.53. The van der Waals surface area contributed by atoms with Crippen molar-refractivity contribution >= 4 is 10.0 Å². The minimum atomic E-state index is -3.47. The molecule has 2 rings (SSSR count). The van der Waals surface area contributed by atoms with E-state index in [1.165, 1.54) is 12.3 Å². The second kappa shape index (κ2) is 3.04. The van der Waals surface area contributed by atoms with Gasteiger partial charge in [0.05, 0.1) is 6.20 Å². The number of aromatic nitrogens is 2. The SMILES string of the molecule is NCC1(NS(=O)(=O)c2ccn[nH]2)CC1. The molecule has 0 spiro atoms. The van der Waals surface area contributed by atoms with E-state index in [4.69, 9.17) is 5.73 Å². The Morgan fingerprint density at radius 3 is 2.79 bits per heavy atom. The molecule has 7 heteroatoms. The van der Waals surface area contributed by atoms with Crippen LogP contribution in [-0.2, 0) is 10.0 Å². The summed E-state index contributed by atoms with van der Waals surface area (Å²) in [7, 11) is -3.47. The summed E-state index contributed by atoms with van der Waals surface area (Å²) in [5.74, 6) is 0. The van der Waals surface area contributed by atoms with E-state index in [9.17, 15) is 8.42 Å². The predicted molar refractivity (Wildman–Crippen MR) is 49.9 cm³/mol. The van der Waals surface area contributed by atoms with Gasteiger partial charge in [0.2, 0.25) is 0 Å². The zero-order chi connectivity index (χ0) is 10.2. The summed E-state index contributed by atoms with van der Waals surface area (Å²) in [4.78, 5) is 0. The highest BCUT2D eigenvalue weighted by atomic mass is 32.2. The van der Waals surface area contributed by atoms with Gasteiger partial charge in [-0.1, -0.05) is 0 Å². The second-order valence-corrected chi connectivity index (χ2v) is 5.16. The number of nitrogens with one attached hydrogen (secondary N) is 2. The maximum Gasteiger partial charge on any atom is 0.258 e. The molecule has 78 valence electrons. The van der Waals surface area contributed by atoms with Crippen molar-refractivity contribution in [2.24, 2.45) is 5.73 Å². The number of hydrogen-bond acceptors (Lipinski definition) is 4. The van der Waals surface area contributed by atoms with Gasteiger partial charge in [-0.15, -0.1) is 0 Å². The lowest BCUT2D eigenvalue weighted by Crippen LogP contribution is -2.42. The second-order valence-electron chi connectivity index (χ2n) is 3.51. The van der Waals surface area contributed by atoms with Crippen molar-refractivity contribution in [2.45, 2.75) is 23.4 Å². The van der Waals surface area contributed by atoms with Crippen molar-refractivity contribution in [2.75, 3.05) is 6.54 Å². The molecular formula is C7H12N4O2S. The predicted octanol–water partition coefficient (Wildman–Crippen LogP) is -0.821. The molecule has 0 amide bonds. The van der Waals surface area contributed by atoms with Crippen LogP contribution in [0.2, 0.25) is 0 Å². The summed E-state index contributed by atoms with van der Waals surface area (Å²) in [6.07, 6.45) is 3.00. The molecule has 0 atom stereocenters. The largest absolute Gasteiger partial charge is 0.329 e. The van der Waals surface area contributed by atoms with E-state index in [0.717, 1.165) is 12.8 Å². The quantitative estimate of drug-likeness (QED) is 0.612. The highest BCUT2D eigenvalue weighted by Crippen LogP contribution is 2.35. The first-order chi connectivity index (χ1) is 6.58. The molecule has 1 saturated carbocycles. The van der Waals surface area contributed by atoms with Crippen molar-refractivity contribution in [3.05, 3.63) is 12.3 Å². The van der Waals surface area contributed by atoms with Crippen LogP contribution < -0.4 is 10.5 Å². The van der Waals surface area contributed by atoms with Crippen LogP contribution in [0, 0.1) is 0 Å². The van der Waals surface area contributed by atoms with Gasteiger partial charge in [-0.2, -0.15) is 5.10 Å². The maximum atomic E-state index is 11.7. The molecule has 1 heterocycles. The number of rotatable bonds is 4. The third kappa shape index (κ3) is 1.66. The molecule has 1 fully saturated rings. The summed E-state index contributed by atoms with van der Waals surface area (Å²) >= 11 is 0. The molecule has 0 unspecified atom stereocenters. The van der Waals surface area contributed by atoms with Crippen LogP contribution in [0.4, 0.5) is 0 Å². The number of sulfonamides is 1. The Bertz CT molecular complexity index is 407. The first kappa shape index (κ1) is 9.63. The molecule has 1 aromatic heterocycles. The Labute approximate surface area is 81.9 Å². The van der Waals surface area contributed by atoms with E-state index in [1.54, 1.807) is 0 Å². The number of hydrogen-bond donors (Lipinski definition) is 3. The van der Waals surface area contributed by atoms with Crippen LogP contribution in [-0.4, -0.2) is 30.7 Å². The maximum absolute atomic E-state index is 11.7. The molecule has 14 heavy (non-hydrogen) atoms. The van der Waals surface area contributed by atoms with Gasteiger partial charge in [-0.3, -0.25) is 5.10 Å². The molecular weight excluding hydrogens is 204 g/mol. The minimum absolute atomic E-state index is 0.0808. The van der Waals surface area contributed by atoms with Crippen LogP contribution in [0.3, 0.4) is 0 Å². The fraction of sp³-hybridized carbons (Fsp3) is 0.571. The van der Waals surface area contributed by atoms with E-state index in [2.05, 4.69) is 14.9 Å². The Morgan fingerprint density at radius 2 is 2.36 bits per heavy atom. The van der Waals surface area contributed by atoms with Crippen LogP contribution in [0.1, 0.15) is 12.8 Å². The molecule has 6 nitrogen and oxygen atoms in total. The summed E-state index contributed by atoms with van der Waals surface area (Å²) in [6, 6.07) is 1.41. The molecule has 0 aromatic carbocycles. The van der Waals surface area contributed by atoms with Crippen LogP contribution in [0.15, 0.2) is 17.3 Å². The molecule has 0 bridgehead atoms. The Hall–Kier alpha value is -0.920. The summed E-state index contributed by atoms with van der Waals surface area (Å²) in [5.41, 5.74) is 5.06. The number of nitrogens with zero attached hydrogens (tertiary/aromatic N) is 1. The number of nitrogens with two attached hydrogens (primary N) is 1. The smallest absolute Gasteiger partial charge is 0.258 e. The van der Waals surface area contributed by atoms with Crippen LogP contribution in [0.25, 0.3) is 0 Å². The van der Waals surface area contributed by atoms with Gasteiger partial charge < -0.3 is 5.73 Å². The lowest BCUT2D eigenvalue weighted by atomic mass is 10.3. The van der Waals surface area contributed by atoms with Crippen molar-refractivity contribution < 1.29 is 8.42 Å². The topological polar surface area (TPSA) is 101 Å². The van der Waals surface area contributed by atoms with E-state index in [-0.39, 0.29) is 5.03 Å². The third-order valence-electron chi connectivity index (χ3n) is 2.36. The molecule has 4 N–H and O–H groups in total. The van der Waals surface area contributed by atoms with Gasteiger partial charge in [-0.25, -0.2) is 13.1 Å². The summed E-state index contributed by atoms with van der Waals surface area (Å²) in [6.45, 7) is 0.334. The van der Waals surface area contributed by atoms with Crippen molar-refractivity contribution in [1.29, 1.82) is 0 Å². The van der Waals surface area contributed by atoms with Gasteiger partial charge in [-0.05, 0) is 18.9 Å². The monoisotopic (exact) mass is 216 g/mol. The lowest BCUT2D eigenvalue weighted by molar-refractivity contribution is 0.541. The zero-order valence-corrected chi connectivity index (χ0v) is 8.34. The molecule has 1 aliphatic rings. The van der Waals surface area contributed by atoms with E-state index in [0.29, 0.717) is 6.54 Å². The van der Waals surface area contributed by atoms with Crippen molar-refractivity contribution in [3.63, 3.8) is 0 Å². The third-order valence-corrected chi connectivity index (χ3v) is 3.87. The Balaban J connectivity index is 2.19.